The van der Waals surface area contributed by atoms with E-state index in [9.17, 15) is 0 Å². The smallest absolute Gasteiger partial charge is 0.0951 e. The highest BCUT2D eigenvalue weighted by Crippen LogP contribution is 2.13. The van der Waals surface area contributed by atoms with Crippen molar-refractivity contribution in [1.29, 1.82) is 0 Å². The Morgan fingerprint density at radius 1 is 1.37 bits per heavy atom. The SMILES string of the molecule is CCCN1CCC(NCc2cncn2C(C)C)CC1. The molecule has 0 aromatic carbocycles. The van der Waals surface area contributed by atoms with Crippen molar-refractivity contribution in [3.63, 3.8) is 0 Å². The maximum absolute atomic E-state index is 4.26. The lowest BCUT2D eigenvalue weighted by Gasteiger charge is -2.32. The van der Waals surface area contributed by atoms with Crippen LogP contribution in [0.3, 0.4) is 0 Å². The second-order valence-corrected chi connectivity index (χ2v) is 5.88. The Morgan fingerprint density at radius 3 is 2.74 bits per heavy atom. The average Bonchev–Trinajstić information content (AvgIpc) is 2.87. The topological polar surface area (TPSA) is 33.1 Å². The highest BCUT2D eigenvalue weighted by Gasteiger charge is 2.18. The molecule has 1 fully saturated rings. The van der Waals surface area contributed by atoms with Gasteiger partial charge in [-0.05, 0) is 52.7 Å². The quantitative estimate of drug-likeness (QED) is 0.856. The van der Waals surface area contributed by atoms with Gasteiger partial charge in [0, 0.05) is 24.8 Å². The van der Waals surface area contributed by atoms with E-state index >= 15 is 0 Å². The van der Waals surface area contributed by atoms with Crippen molar-refractivity contribution in [2.75, 3.05) is 19.6 Å². The molecule has 0 atom stereocenters. The van der Waals surface area contributed by atoms with Crippen molar-refractivity contribution in [3.05, 3.63) is 18.2 Å². The second-order valence-electron chi connectivity index (χ2n) is 5.88. The molecule has 0 radical (unpaired) electrons. The first-order chi connectivity index (χ1) is 9.20. The van der Waals surface area contributed by atoms with E-state index in [1.807, 2.05) is 12.5 Å². The van der Waals surface area contributed by atoms with Gasteiger partial charge >= 0.3 is 0 Å². The molecule has 19 heavy (non-hydrogen) atoms. The van der Waals surface area contributed by atoms with Crippen LogP contribution in [-0.4, -0.2) is 40.1 Å². The fraction of sp³-hybridized carbons (Fsp3) is 0.800. The van der Waals surface area contributed by atoms with Crippen LogP contribution in [0.1, 0.15) is 51.8 Å². The van der Waals surface area contributed by atoms with Gasteiger partial charge < -0.3 is 14.8 Å². The first kappa shape index (κ1) is 14.5. The van der Waals surface area contributed by atoms with Gasteiger partial charge in [0.15, 0.2) is 0 Å². The van der Waals surface area contributed by atoms with E-state index in [0.717, 1.165) is 6.54 Å². The van der Waals surface area contributed by atoms with E-state index in [4.69, 9.17) is 0 Å². The zero-order chi connectivity index (χ0) is 13.7. The Morgan fingerprint density at radius 2 is 2.11 bits per heavy atom. The van der Waals surface area contributed by atoms with Crippen LogP contribution >= 0.6 is 0 Å². The molecule has 4 heteroatoms. The molecule has 0 saturated carbocycles. The van der Waals surface area contributed by atoms with E-state index in [0.29, 0.717) is 12.1 Å². The molecule has 1 N–H and O–H groups in total. The minimum atomic E-state index is 0.491. The van der Waals surface area contributed by atoms with Crippen LogP contribution in [0.25, 0.3) is 0 Å². The molecule has 0 bridgehead atoms. The standard InChI is InChI=1S/C15H28N4/c1-4-7-18-8-5-14(6-9-18)17-11-15-10-16-12-19(15)13(2)3/h10,12-14,17H,4-9,11H2,1-3H3. The number of nitrogens with one attached hydrogen (secondary N) is 1. The van der Waals surface area contributed by atoms with Crippen LogP contribution in [-0.2, 0) is 6.54 Å². The van der Waals surface area contributed by atoms with E-state index in [-0.39, 0.29) is 0 Å². The third kappa shape index (κ3) is 4.05. The maximum atomic E-state index is 4.26. The van der Waals surface area contributed by atoms with Crippen LogP contribution in [0.2, 0.25) is 0 Å². The lowest BCUT2D eigenvalue weighted by Crippen LogP contribution is -2.42. The van der Waals surface area contributed by atoms with Gasteiger partial charge in [0.1, 0.15) is 0 Å². The van der Waals surface area contributed by atoms with Crippen molar-refractivity contribution < 1.29 is 0 Å². The number of rotatable bonds is 6. The van der Waals surface area contributed by atoms with Crippen LogP contribution < -0.4 is 5.32 Å². The summed E-state index contributed by atoms with van der Waals surface area (Å²) in [6.45, 7) is 11.4. The molecule has 4 nitrogen and oxygen atoms in total. The van der Waals surface area contributed by atoms with Crippen molar-refractivity contribution in [2.45, 2.75) is 58.7 Å². The summed E-state index contributed by atoms with van der Waals surface area (Å²) in [7, 11) is 0. The van der Waals surface area contributed by atoms with Crippen LogP contribution in [0.15, 0.2) is 12.5 Å². The van der Waals surface area contributed by atoms with Gasteiger partial charge in [-0.2, -0.15) is 0 Å². The Kier molecular flexibility index (Phi) is 5.40. The van der Waals surface area contributed by atoms with Gasteiger partial charge in [0.25, 0.3) is 0 Å². The predicted octanol–water partition coefficient (Wildman–Crippen LogP) is 2.43. The lowest BCUT2D eigenvalue weighted by atomic mass is 10.0. The second kappa shape index (κ2) is 7.06. The first-order valence-corrected chi connectivity index (χ1v) is 7.67. The fourth-order valence-electron chi connectivity index (χ4n) is 2.86. The largest absolute Gasteiger partial charge is 0.331 e. The highest BCUT2D eigenvalue weighted by atomic mass is 15.1. The molecular formula is C15H28N4. The Labute approximate surface area is 117 Å². The van der Waals surface area contributed by atoms with Crippen molar-refractivity contribution in [2.24, 2.45) is 0 Å². The third-order valence-electron chi connectivity index (χ3n) is 4.00. The molecule has 108 valence electrons. The number of imidazole rings is 1. The van der Waals surface area contributed by atoms with Gasteiger partial charge in [-0.3, -0.25) is 0 Å². The molecule has 2 rings (SSSR count). The van der Waals surface area contributed by atoms with Crippen LogP contribution in [0.5, 0.6) is 0 Å². The van der Waals surface area contributed by atoms with Gasteiger partial charge in [0.2, 0.25) is 0 Å². The Balaban J connectivity index is 1.76. The number of hydrogen-bond donors (Lipinski definition) is 1. The summed E-state index contributed by atoms with van der Waals surface area (Å²) in [6, 6.07) is 1.16. The maximum Gasteiger partial charge on any atom is 0.0951 e. The van der Waals surface area contributed by atoms with E-state index < -0.39 is 0 Å². The van der Waals surface area contributed by atoms with Gasteiger partial charge in [-0.1, -0.05) is 6.92 Å². The molecule has 1 aromatic heterocycles. The molecule has 1 saturated heterocycles. The minimum absolute atomic E-state index is 0.491. The normalized spacial score (nSPS) is 18.3. The summed E-state index contributed by atoms with van der Waals surface area (Å²) in [5.41, 5.74) is 1.30. The summed E-state index contributed by atoms with van der Waals surface area (Å²) < 4.78 is 2.25. The summed E-state index contributed by atoms with van der Waals surface area (Å²) >= 11 is 0. The van der Waals surface area contributed by atoms with E-state index in [1.165, 1.54) is 44.6 Å². The number of piperidine rings is 1. The third-order valence-corrected chi connectivity index (χ3v) is 4.00. The highest BCUT2D eigenvalue weighted by molar-refractivity contribution is 5.00. The molecule has 1 aliphatic rings. The average molecular weight is 264 g/mol. The molecule has 2 heterocycles. The van der Waals surface area contributed by atoms with Crippen molar-refractivity contribution >= 4 is 0 Å². The number of hydrogen-bond acceptors (Lipinski definition) is 3. The minimum Gasteiger partial charge on any atom is -0.331 e. The monoisotopic (exact) mass is 264 g/mol. The zero-order valence-corrected chi connectivity index (χ0v) is 12.6. The van der Waals surface area contributed by atoms with Gasteiger partial charge in [-0.15, -0.1) is 0 Å². The molecule has 0 unspecified atom stereocenters. The molecule has 1 aliphatic heterocycles. The van der Waals surface area contributed by atoms with Crippen LogP contribution in [0, 0.1) is 0 Å². The molecule has 0 aliphatic carbocycles. The summed E-state index contributed by atoms with van der Waals surface area (Å²) in [5.74, 6) is 0. The first-order valence-electron chi connectivity index (χ1n) is 7.67. The van der Waals surface area contributed by atoms with Gasteiger partial charge in [-0.25, -0.2) is 4.98 Å². The Hall–Kier alpha value is -0.870. The van der Waals surface area contributed by atoms with Gasteiger partial charge in [0.05, 0.1) is 12.0 Å². The zero-order valence-electron chi connectivity index (χ0n) is 12.6. The molecule has 0 amide bonds. The van der Waals surface area contributed by atoms with Crippen LogP contribution in [0.4, 0.5) is 0 Å². The number of nitrogens with zero attached hydrogens (tertiary/aromatic N) is 3. The number of likely N-dealkylation sites (tertiary alicyclic amines) is 1. The summed E-state index contributed by atoms with van der Waals surface area (Å²) in [5, 5.41) is 3.69. The Bertz CT molecular complexity index is 364. The van der Waals surface area contributed by atoms with E-state index in [2.05, 4.69) is 40.5 Å². The molecule has 0 spiro atoms. The fourth-order valence-corrected chi connectivity index (χ4v) is 2.86. The summed E-state index contributed by atoms with van der Waals surface area (Å²) in [6.07, 6.45) is 7.74. The summed E-state index contributed by atoms with van der Waals surface area (Å²) in [4.78, 5) is 6.84. The lowest BCUT2D eigenvalue weighted by molar-refractivity contribution is 0.197. The van der Waals surface area contributed by atoms with Crippen molar-refractivity contribution in [3.8, 4) is 0 Å². The number of aromatic nitrogens is 2. The van der Waals surface area contributed by atoms with E-state index in [1.54, 1.807) is 0 Å². The molecular weight excluding hydrogens is 236 g/mol. The van der Waals surface area contributed by atoms with Crippen molar-refractivity contribution in [1.82, 2.24) is 19.8 Å². The predicted molar refractivity (Wildman–Crippen MR) is 79.2 cm³/mol. The molecule has 1 aromatic rings.